The largest absolute Gasteiger partial charge is 0.391 e. The van der Waals surface area contributed by atoms with Gasteiger partial charge in [0, 0.05) is 26.1 Å². The number of aliphatic hydroxyl groups excluding tert-OH is 1. The Morgan fingerprint density at radius 2 is 1.88 bits per heavy atom. The van der Waals surface area contributed by atoms with E-state index >= 15 is 0 Å². The number of likely N-dealkylation sites (tertiary alicyclic amines) is 1. The van der Waals surface area contributed by atoms with Gasteiger partial charge >= 0.3 is 0 Å². The van der Waals surface area contributed by atoms with Crippen LogP contribution in [-0.2, 0) is 30.4 Å². The number of β-amino-alcohol motifs (C(OH)–C–C–N with tert-alkyl or cyclic N) is 1. The number of aliphatic hydroxyl groups is 1. The van der Waals surface area contributed by atoms with E-state index < -0.39 is 35.4 Å². The summed E-state index contributed by atoms with van der Waals surface area (Å²) >= 11 is 1.58. The van der Waals surface area contributed by atoms with Crippen LogP contribution in [0.25, 0.3) is 10.4 Å². The van der Waals surface area contributed by atoms with Crippen molar-refractivity contribution in [3.63, 3.8) is 0 Å². The van der Waals surface area contributed by atoms with E-state index in [1.165, 1.54) is 4.90 Å². The predicted octanol–water partition coefficient (Wildman–Crippen LogP) is 1.22. The van der Waals surface area contributed by atoms with Crippen LogP contribution in [0.4, 0.5) is 0 Å². The zero-order chi connectivity index (χ0) is 29.3. The average Bonchev–Trinajstić information content (AvgIpc) is 3.52. The zero-order valence-corrected chi connectivity index (χ0v) is 24.5. The van der Waals surface area contributed by atoms with Gasteiger partial charge in [0.05, 0.1) is 42.0 Å². The quantitative estimate of drug-likeness (QED) is 0.260. The van der Waals surface area contributed by atoms with Crippen molar-refractivity contribution in [1.82, 2.24) is 20.5 Å². The molecule has 11 nitrogen and oxygen atoms in total. The number of aromatic nitrogens is 1. The second-order valence-electron chi connectivity index (χ2n) is 10.9. The second-order valence-corrected chi connectivity index (χ2v) is 11.8. The molecule has 1 unspecified atom stereocenters. The smallest absolute Gasteiger partial charge is 0.246 e. The van der Waals surface area contributed by atoms with Crippen LogP contribution in [0.5, 0.6) is 0 Å². The first-order valence-corrected chi connectivity index (χ1v) is 14.3. The molecule has 1 saturated heterocycles. The van der Waals surface area contributed by atoms with Gasteiger partial charge in [-0.1, -0.05) is 45.0 Å². The van der Waals surface area contributed by atoms with Crippen LogP contribution in [0.15, 0.2) is 29.8 Å². The third-order valence-corrected chi connectivity index (χ3v) is 7.56. The molecule has 3 amide bonds. The Kier molecular flexibility index (Phi) is 11.6. The van der Waals surface area contributed by atoms with Gasteiger partial charge in [-0.15, -0.1) is 11.3 Å². The van der Waals surface area contributed by atoms with Gasteiger partial charge in [-0.25, -0.2) is 4.98 Å². The van der Waals surface area contributed by atoms with E-state index in [0.717, 1.165) is 21.7 Å². The molecular weight excluding hydrogens is 534 g/mol. The number of nitrogens with two attached hydrogens (primary N) is 1. The first-order valence-electron chi connectivity index (χ1n) is 13.4. The van der Waals surface area contributed by atoms with Gasteiger partial charge in [-0.05, 0) is 23.5 Å². The fraction of sp³-hybridized carbons (Fsp3) is 0.571. The maximum Gasteiger partial charge on any atom is 0.246 e. The summed E-state index contributed by atoms with van der Waals surface area (Å²) in [6, 6.07) is 6.10. The third-order valence-electron chi connectivity index (χ3n) is 6.58. The molecule has 2 aromatic rings. The minimum absolute atomic E-state index is 0.0112. The maximum atomic E-state index is 13.6. The number of hydrogen-bond acceptors (Lipinski definition) is 9. The Morgan fingerprint density at radius 3 is 2.50 bits per heavy atom. The first kappa shape index (κ1) is 31.6. The summed E-state index contributed by atoms with van der Waals surface area (Å²) in [4.78, 5) is 46.1. The molecule has 1 aliphatic heterocycles. The summed E-state index contributed by atoms with van der Waals surface area (Å²) in [6.07, 6.45) is -0.715. The van der Waals surface area contributed by atoms with Crippen LogP contribution in [-0.4, -0.2) is 90.4 Å². The fourth-order valence-electron chi connectivity index (χ4n) is 4.45. The Morgan fingerprint density at radius 1 is 1.18 bits per heavy atom. The third kappa shape index (κ3) is 8.80. The number of rotatable bonds is 13. The van der Waals surface area contributed by atoms with E-state index in [1.54, 1.807) is 11.3 Å². The van der Waals surface area contributed by atoms with Crippen molar-refractivity contribution in [3.8, 4) is 10.4 Å². The lowest BCUT2D eigenvalue weighted by molar-refractivity contribution is -0.144. The summed E-state index contributed by atoms with van der Waals surface area (Å²) in [5.74, 6) is -1.23. The van der Waals surface area contributed by atoms with Gasteiger partial charge in [0.2, 0.25) is 17.7 Å². The number of hydrogen-bond donors (Lipinski definition) is 4. The molecule has 1 fully saturated rings. The van der Waals surface area contributed by atoms with Crippen molar-refractivity contribution in [3.05, 3.63) is 41.0 Å². The minimum atomic E-state index is -0.916. The number of benzene rings is 1. The molecule has 0 radical (unpaired) electrons. The molecule has 0 bridgehead atoms. The number of ether oxygens (including phenoxy) is 2. The van der Waals surface area contributed by atoms with E-state index in [4.69, 9.17) is 15.2 Å². The monoisotopic (exact) mass is 575 g/mol. The van der Waals surface area contributed by atoms with Crippen LogP contribution >= 0.6 is 11.3 Å². The van der Waals surface area contributed by atoms with E-state index in [-0.39, 0.29) is 38.6 Å². The highest BCUT2D eigenvalue weighted by molar-refractivity contribution is 7.13. The molecule has 2 heterocycles. The number of carbonyl (C=O) groups is 3. The summed E-state index contributed by atoms with van der Waals surface area (Å²) in [7, 11) is 0. The van der Waals surface area contributed by atoms with Crippen molar-refractivity contribution < 1.29 is 29.0 Å². The zero-order valence-electron chi connectivity index (χ0n) is 23.6. The highest BCUT2D eigenvalue weighted by atomic mass is 32.1. The molecular formula is C28H41N5O6S. The van der Waals surface area contributed by atoms with Crippen LogP contribution in [0.2, 0.25) is 0 Å². The second kappa shape index (κ2) is 14.6. The molecule has 1 aromatic carbocycles. The van der Waals surface area contributed by atoms with Crippen LogP contribution in [0.3, 0.4) is 0 Å². The fourth-order valence-corrected chi connectivity index (χ4v) is 5.26. The number of carbonyl (C=O) groups excluding carboxylic acids is 3. The number of aryl methyl sites for hydroxylation is 1. The number of thiazole rings is 1. The summed E-state index contributed by atoms with van der Waals surface area (Å²) in [6.45, 7) is 8.85. The minimum Gasteiger partial charge on any atom is -0.391 e. The van der Waals surface area contributed by atoms with Gasteiger partial charge in [-0.2, -0.15) is 0 Å². The molecule has 40 heavy (non-hydrogen) atoms. The summed E-state index contributed by atoms with van der Waals surface area (Å²) in [5, 5.41) is 16.0. The number of nitrogens with zero attached hydrogens (tertiary/aromatic N) is 2. The van der Waals surface area contributed by atoms with E-state index in [9.17, 15) is 19.5 Å². The average molecular weight is 576 g/mol. The number of amides is 3. The van der Waals surface area contributed by atoms with Crippen molar-refractivity contribution in [2.24, 2.45) is 11.1 Å². The topological polar surface area (TPSA) is 156 Å². The molecule has 0 aliphatic carbocycles. The number of nitrogens with one attached hydrogen (secondary N) is 2. The van der Waals surface area contributed by atoms with Crippen LogP contribution in [0, 0.1) is 12.3 Å². The molecule has 12 heteroatoms. The molecule has 1 aromatic heterocycles. The lowest BCUT2D eigenvalue weighted by Crippen LogP contribution is -2.58. The Balaban J connectivity index is 1.59. The van der Waals surface area contributed by atoms with Crippen LogP contribution in [0.1, 0.15) is 38.4 Å². The molecule has 220 valence electrons. The van der Waals surface area contributed by atoms with Crippen molar-refractivity contribution in [2.75, 3.05) is 39.5 Å². The lowest BCUT2D eigenvalue weighted by Gasteiger charge is -2.35. The Bertz CT molecular complexity index is 1130. The van der Waals surface area contributed by atoms with Crippen LogP contribution < -0.4 is 16.4 Å². The Labute approximate surface area is 239 Å². The first-order chi connectivity index (χ1) is 19.0. The van der Waals surface area contributed by atoms with Crippen molar-refractivity contribution in [2.45, 2.75) is 58.8 Å². The maximum absolute atomic E-state index is 13.6. The highest BCUT2D eigenvalue weighted by Crippen LogP contribution is 2.28. The molecule has 0 spiro atoms. The lowest BCUT2D eigenvalue weighted by atomic mass is 9.85. The van der Waals surface area contributed by atoms with Gasteiger partial charge in [0.15, 0.2) is 0 Å². The van der Waals surface area contributed by atoms with Gasteiger partial charge in [-0.3, -0.25) is 14.4 Å². The van der Waals surface area contributed by atoms with Gasteiger partial charge in [0.25, 0.3) is 0 Å². The summed E-state index contributed by atoms with van der Waals surface area (Å²) < 4.78 is 10.6. The SMILES string of the molecule is Cc1ncsc1-c1ccc(CNC(=O)[C@@H]2C[C@@H](O)CN2C(=O)C(NC(=O)COCCOCCN)C(C)(C)C)cc1. The summed E-state index contributed by atoms with van der Waals surface area (Å²) in [5.41, 5.74) is 9.47. The van der Waals surface area contributed by atoms with Gasteiger partial charge < -0.3 is 35.8 Å². The standard InChI is InChI=1S/C28H41N5O6S/c1-18-24(40-17-31-18)20-7-5-19(6-8-20)14-30-26(36)22-13-21(34)15-33(22)27(37)25(28(2,3)4)32-23(35)16-39-12-11-38-10-9-29/h5-8,17,21-22,25,34H,9-16,29H2,1-4H3,(H,30,36)(H,32,35)/t21-,22+,25?/m1/s1. The molecule has 1 aliphatic rings. The molecule has 0 saturated carbocycles. The highest BCUT2D eigenvalue weighted by Gasteiger charge is 2.44. The molecule has 5 N–H and O–H groups in total. The van der Waals surface area contributed by atoms with Gasteiger partial charge in [0.1, 0.15) is 18.7 Å². The van der Waals surface area contributed by atoms with E-state index in [2.05, 4.69) is 15.6 Å². The van der Waals surface area contributed by atoms with E-state index in [0.29, 0.717) is 19.8 Å². The van der Waals surface area contributed by atoms with Crippen molar-refractivity contribution >= 4 is 29.1 Å². The Hall–Kier alpha value is -2.90. The van der Waals surface area contributed by atoms with E-state index in [1.807, 2.05) is 57.5 Å². The van der Waals surface area contributed by atoms with Crippen molar-refractivity contribution in [1.29, 1.82) is 0 Å². The molecule has 3 atom stereocenters. The normalized spacial score (nSPS) is 18.0. The molecule has 3 rings (SSSR count). The predicted molar refractivity (Wildman–Crippen MR) is 152 cm³/mol.